The summed E-state index contributed by atoms with van der Waals surface area (Å²) in [7, 11) is 0. The lowest BCUT2D eigenvalue weighted by molar-refractivity contribution is 0.464. The molecule has 0 radical (unpaired) electrons. The van der Waals surface area contributed by atoms with Crippen molar-refractivity contribution in [3.05, 3.63) is 35.1 Å². The van der Waals surface area contributed by atoms with Gasteiger partial charge in [-0.15, -0.1) is 0 Å². The molecule has 1 aromatic carbocycles. The van der Waals surface area contributed by atoms with Gasteiger partial charge in [0, 0.05) is 5.02 Å². The van der Waals surface area contributed by atoms with Crippen LogP contribution in [0, 0.1) is 6.92 Å². The van der Waals surface area contributed by atoms with Crippen molar-refractivity contribution < 1.29 is 4.74 Å². The number of halogens is 1. The maximum atomic E-state index is 5.91. The molecule has 0 saturated carbocycles. The summed E-state index contributed by atoms with van der Waals surface area (Å²) in [6.45, 7) is 1.90. The van der Waals surface area contributed by atoms with Crippen LogP contribution >= 0.6 is 11.6 Å². The van der Waals surface area contributed by atoms with Gasteiger partial charge in [0.2, 0.25) is 5.95 Å². The van der Waals surface area contributed by atoms with Crippen LogP contribution in [0.1, 0.15) is 5.56 Å². The fraction of sp³-hybridized carbons (Fsp3) is 0.0833. The van der Waals surface area contributed by atoms with Crippen molar-refractivity contribution >= 4 is 28.7 Å². The van der Waals surface area contributed by atoms with E-state index in [0.717, 1.165) is 5.56 Å². The van der Waals surface area contributed by atoms with E-state index in [1.54, 1.807) is 12.1 Å². The number of aromatic nitrogens is 4. The summed E-state index contributed by atoms with van der Waals surface area (Å²) < 4.78 is 5.76. The van der Waals surface area contributed by atoms with E-state index in [2.05, 4.69) is 19.9 Å². The van der Waals surface area contributed by atoms with Gasteiger partial charge >= 0.3 is 0 Å². The van der Waals surface area contributed by atoms with Crippen molar-refractivity contribution in [3.8, 4) is 11.6 Å². The highest BCUT2D eigenvalue weighted by Gasteiger charge is 2.11. The molecule has 0 aliphatic heterocycles. The van der Waals surface area contributed by atoms with Gasteiger partial charge in [-0.2, -0.15) is 9.97 Å². The Morgan fingerprint density at radius 2 is 2.16 bits per heavy atom. The lowest BCUT2D eigenvalue weighted by Crippen LogP contribution is -1.99. The number of ether oxygens (including phenoxy) is 1. The monoisotopic (exact) mass is 275 g/mol. The van der Waals surface area contributed by atoms with E-state index in [4.69, 9.17) is 22.1 Å². The average molecular weight is 276 g/mol. The minimum atomic E-state index is 0.112. The fourth-order valence-corrected chi connectivity index (χ4v) is 1.95. The van der Waals surface area contributed by atoms with Crippen LogP contribution in [0.2, 0.25) is 5.02 Å². The molecule has 19 heavy (non-hydrogen) atoms. The number of hydrogen-bond donors (Lipinski definition) is 2. The molecule has 0 spiro atoms. The molecule has 0 unspecified atom stereocenters. The average Bonchev–Trinajstić information content (AvgIpc) is 2.80. The molecule has 3 aromatic rings. The molecule has 0 aliphatic rings. The molecule has 3 rings (SSSR count). The van der Waals surface area contributed by atoms with E-state index in [9.17, 15) is 0 Å². The first-order chi connectivity index (χ1) is 9.13. The van der Waals surface area contributed by atoms with Crippen molar-refractivity contribution in [1.82, 2.24) is 19.9 Å². The molecular formula is C12H10ClN5O. The lowest BCUT2D eigenvalue weighted by Gasteiger charge is -2.08. The first-order valence-electron chi connectivity index (χ1n) is 5.54. The molecule has 0 aliphatic carbocycles. The van der Waals surface area contributed by atoms with E-state index in [1.807, 2.05) is 13.0 Å². The molecule has 3 N–H and O–H groups in total. The number of benzene rings is 1. The third-order valence-corrected chi connectivity index (χ3v) is 2.85. The summed E-state index contributed by atoms with van der Waals surface area (Å²) in [6.07, 6.45) is 1.51. The number of nitrogens with one attached hydrogen (secondary N) is 1. The van der Waals surface area contributed by atoms with Gasteiger partial charge in [0.1, 0.15) is 11.3 Å². The van der Waals surface area contributed by atoms with Crippen molar-refractivity contribution in [2.24, 2.45) is 0 Å². The van der Waals surface area contributed by atoms with Crippen LogP contribution in [0.3, 0.4) is 0 Å². The molecule has 0 bridgehead atoms. The number of nitrogen functional groups attached to an aromatic ring is 1. The van der Waals surface area contributed by atoms with Crippen LogP contribution in [0.5, 0.6) is 11.6 Å². The highest BCUT2D eigenvalue weighted by atomic mass is 35.5. The van der Waals surface area contributed by atoms with Crippen molar-refractivity contribution in [2.75, 3.05) is 5.73 Å². The standard InChI is InChI=1S/C12H10ClN5O/c1-6-4-7(13)2-3-8(6)19-11-9-10(16-5-15-9)17-12(14)18-11/h2-5H,1H3,(H3,14,15,16,17,18). The fourth-order valence-electron chi connectivity index (χ4n) is 1.73. The number of anilines is 1. The largest absolute Gasteiger partial charge is 0.437 e. The molecule has 2 heterocycles. The topological polar surface area (TPSA) is 89.7 Å². The highest BCUT2D eigenvalue weighted by molar-refractivity contribution is 6.30. The second kappa shape index (κ2) is 4.40. The van der Waals surface area contributed by atoms with Gasteiger partial charge in [-0.25, -0.2) is 4.98 Å². The molecular weight excluding hydrogens is 266 g/mol. The molecule has 7 heteroatoms. The van der Waals surface area contributed by atoms with E-state index in [1.165, 1.54) is 6.33 Å². The molecule has 0 atom stereocenters. The van der Waals surface area contributed by atoms with Gasteiger partial charge in [-0.3, -0.25) is 0 Å². The summed E-state index contributed by atoms with van der Waals surface area (Å²) in [6, 6.07) is 5.34. The summed E-state index contributed by atoms with van der Waals surface area (Å²) in [4.78, 5) is 15.0. The van der Waals surface area contributed by atoms with Gasteiger partial charge in [0.25, 0.3) is 5.88 Å². The maximum absolute atomic E-state index is 5.91. The summed E-state index contributed by atoms with van der Waals surface area (Å²) in [5, 5.41) is 0.652. The van der Waals surface area contributed by atoms with E-state index >= 15 is 0 Å². The number of nitrogens with two attached hydrogens (primary N) is 1. The van der Waals surface area contributed by atoms with Gasteiger partial charge in [0.05, 0.1) is 6.33 Å². The van der Waals surface area contributed by atoms with Crippen molar-refractivity contribution in [2.45, 2.75) is 6.92 Å². The summed E-state index contributed by atoms with van der Waals surface area (Å²) >= 11 is 5.91. The third-order valence-electron chi connectivity index (χ3n) is 2.61. The first-order valence-corrected chi connectivity index (χ1v) is 5.92. The Morgan fingerprint density at radius 3 is 2.95 bits per heavy atom. The molecule has 0 saturated heterocycles. The zero-order valence-electron chi connectivity index (χ0n) is 10.0. The van der Waals surface area contributed by atoms with Gasteiger partial charge < -0.3 is 15.5 Å². The summed E-state index contributed by atoms with van der Waals surface area (Å²) in [5.41, 5.74) is 7.59. The van der Waals surface area contributed by atoms with Crippen molar-refractivity contribution in [1.29, 1.82) is 0 Å². The normalized spacial score (nSPS) is 10.8. The SMILES string of the molecule is Cc1cc(Cl)ccc1Oc1nc(N)nc2nc[nH]c12. The molecule has 0 fully saturated rings. The van der Waals surface area contributed by atoms with E-state index in [0.29, 0.717) is 27.8 Å². The Labute approximate surface area is 113 Å². The minimum Gasteiger partial charge on any atom is -0.437 e. The number of imidazole rings is 1. The zero-order chi connectivity index (χ0) is 13.4. The minimum absolute atomic E-state index is 0.112. The second-order valence-electron chi connectivity index (χ2n) is 4.00. The zero-order valence-corrected chi connectivity index (χ0v) is 10.8. The van der Waals surface area contributed by atoms with Crippen LogP contribution in [-0.4, -0.2) is 19.9 Å². The van der Waals surface area contributed by atoms with Crippen LogP contribution in [0.15, 0.2) is 24.5 Å². The van der Waals surface area contributed by atoms with E-state index < -0.39 is 0 Å². The smallest absolute Gasteiger partial charge is 0.250 e. The second-order valence-corrected chi connectivity index (χ2v) is 4.44. The number of H-pyrrole nitrogens is 1. The Kier molecular flexibility index (Phi) is 2.72. The molecule has 96 valence electrons. The number of rotatable bonds is 2. The highest BCUT2D eigenvalue weighted by Crippen LogP contribution is 2.29. The van der Waals surface area contributed by atoms with Crippen molar-refractivity contribution in [3.63, 3.8) is 0 Å². The quantitative estimate of drug-likeness (QED) is 0.750. The number of fused-ring (bicyclic) bond motifs is 1. The number of nitrogens with zero attached hydrogens (tertiary/aromatic N) is 3. The molecule has 0 amide bonds. The third kappa shape index (κ3) is 2.17. The first kappa shape index (κ1) is 11.7. The number of aryl methyl sites for hydroxylation is 1. The predicted octanol–water partition coefficient (Wildman–Crippen LogP) is 2.69. The van der Waals surface area contributed by atoms with Crippen LogP contribution in [-0.2, 0) is 0 Å². The summed E-state index contributed by atoms with van der Waals surface area (Å²) in [5.74, 6) is 1.10. The predicted molar refractivity (Wildman–Crippen MR) is 72.4 cm³/mol. The Hall–Kier alpha value is -2.34. The van der Waals surface area contributed by atoms with E-state index in [-0.39, 0.29) is 5.95 Å². The van der Waals surface area contributed by atoms with Gasteiger partial charge in [0.15, 0.2) is 5.65 Å². The van der Waals surface area contributed by atoms with Crippen LogP contribution < -0.4 is 10.5 Å². The van der Waals surface area contributed by atoms with Crippen LogP contribution in [0.25, 0.3) is 11.2 Å². The molecule has 6 nitrogen and oxygen atoms in total. The number of hydrogen-bond acceptors (Lipinski definition) is 5. The number of aromatic amines is 1. The maximum Gasteiger partial charge on any atom is 0.250 e. The van der Waals surface area contributed by atoms with Gasteiger partial charge in [-0.1, -0.05) is 11.6 Å². The Morgan fingerprint density at radius 1 is 1.32 bits per heavy atom. The van der Waals surface area contributed by atoms with Crippen LogP contribution in [0.4, 0.5) is 5.95 Å². The lowest BCUT2D eigenvalue weighted by atomic mass is 10.2. The Balaban J connectivity index is 2.07. The van der Waals surface area contributed by atoms with Gasteiger partial charge in [-0.05, 0) is 30.7 Å². The Bertz CT molecular complexity index is 755. The molecule has 2 aromatic heterocycles.